The Labute approximate surface area is 191 Å². The standard InChI is InChI=1S/C25H27N3O5/c1-5-22(32-4)23-15-8-13-9-19-20(28(13)24(30)17(15)12-33-25(23)31)10-14-16(11-27(2)3)21(29)7-6-18(14)26-19/h6-8,10,22-23,29H,5,9,11-12H2,1-4H3/t22?,23-/m0/s1. The molecular formula is C25H27N3O5. The molecule has 5 rings (SSSR count). The quantitative estimate of drug-likeness (QED) is 0.468. The number of hydrogen-bond acceptors (Lipinski definition) is 7. The van der Waals surface area contributed by atoms with Crippen molar-refractivity contribution in [3.63, 3.8) is 0 Å². The molecule has 3 aromatic rings. The average Bonchev–Trinajstić information content (AvgIpc) is 3.14. The van der Waals surface area contributed by atoms with Gasteiger partial charge in [-0.1, -0.05) is 6.92 Å². The lowest BCUT2D eigenvalue weighted by Gasteiger charge is -2.29. The molecule has 0 spiro atoms. The molecule has 0 amide bonds. The van der Waals surface area contributed by atoms with Gasteiger partial charge in [0.15, 0.2) is 0 Å². The molecule has 0 saturated carbocycles. The van der Waals surface area contributed by atoms with Crippen molar-refractivity contribution in [3.05, 3.63) is 62.7 Å². The van der Waals surface area contributed by atoms with Crippen LogP contribution in [0.25, 0.3) is 16.6 Å². The van der Waals surface area contributed by atoms with Crippen LogP contribution in [-0.4, -0.2) is 52.8 Å². The van der Waals surface area contributed by atoms with Crippen LogP contribution in [0.3, 0.4) is 0 Å². The summed E-state index contributed by atoms with van der Waals surface area (Å²) >= 11 is 0. The van der Waals surface area contributed by atoms with E-state index in [4.69, 9.17) is 14.5 Å². The third-order valence-corrected chi connectivity index (χ3v) is 6.65. The Balaban J connectivity index is 1.71. The smallest absolute Gasteiger partial charge is 0.316 e. The van der Waals surface area contributed by atoms with Crippen LogP contribution in [0.15, 0.2) is 29.1 Å². The molecule has 172 valence electrons. The van der Waals surface area contributed by atoms with Crippen molar-refractivity contribution in [2.75, 3.05) is 21.2 Å². The van der Waals surface area contributed by atoms with Gasteiger partial charge in [0.1, 0.15) is 18.3 Å². The van der Waals surface area contributed by atoms with E-state index in [1.165, 1.54) is 0 Å². The summed E-state index contributed by atoms with van der Waals surface area (Å²) in [5.41, 5.74) is 4.83. The second kappa shape index (κ2) is 7.97. The number of phenolic OH excluding ortho intramolecular Hbond substituents is 1. The van der Waals surface area contributed by atoms with Crippen molar-refractivity contribution in [1.29, 1.82) is 0 Å². The number of hydrogen-bond donors (Lipinski definition) is 1. The van der Waals surface area contributed by atoms with Crippen molar-refractivity contribution in [1.82, 2.24) is 14.5 Å². The molecule has 2 atom stereocenters. The van der Waals surface area contributed by atoms with E-state index in [0.717, 1.165) is 27.9 Å². The summed E-state index contributed by atoms with van der Waals surface area (Å²) in [5.74, 6) is -0.778. The highest BCUT2D eigenvalue weighted by molar-refractivity contribution is 5.87. The Morgan fingerprint density at radius 2 is 2.09 bits per heavy atom. The van der Waals surface area contributed by atoms with E-state index < -0.39 is 5.92 Å². The van der Waals surface area contributed by atoms with Gasteiger partial charge in [0, 0.05) is 36.7 Å². The van der Waals surface area contributed by atoms with E-state index in [1.807, 2.05) is 38.1 Å². The van der Waals surface area contributed by atoms with Gasteiger partial charge in [-0.2, -0.15) is 0 Å². The summed E-state index contributed by atoms with van der Waals surface area (Å²) in [6.07, 6.45) is 0.753. The molecule has 0 bridgehead atoms. The minimum Gasteiger partial charge on any atom is -0.508 e. The molecule has 8 heteroatoms. The number of aromatic nitrogens is 2. The molecule has 8 nitrogen and oxygen atoms in total. The van der Waals surface area contributed by atoms with Crippen LogP contribution in [0.2, 0.25) is 0 Å². The van der Waals surface area contributed by atoms with E-state index in [1.54, 1.807) is 23.8 Å². The van der Waals surface area contributed by atoms with Crippen molar-refractivity contribution in [3.8, 4) is 11.4 Å². The normalized spacial score (nSPS) is 17.6. The molecule has 1 N–H and O–H groups in total. The fraction of sp³-hybridized carbons (Fsp3) is 0.400. The number of pyridine rings is 2. The van der Waals surface area contributed by atoms with Crippen LogP contribution in [0.4, 0.5) is 0 Å². The molecule has 4 heterocycles. The second-order valence-corrected chi connectivity index (χ2v) is 8.98. The summed E-state index contributed by atoms with van der Waals surface area (Å²) in [7, 11) is 5.45. The molecule has 1 aromatic carbocycles. The van der Waals surface area contributed by atoms with Gasteiger partial charge in [-0.15, -0.1) is 0 Å². The number of aromatic hydroxyl groups is 1. The zero-order valence-corrected chi connectivity index (χ0v) is 19.2. The average molecular weight is 450 g/mol. The Hall–Kier alpha value is -3.23. The third-order valence-electron chi connectivity index (χ3n) is 6.65. The van der Waals surface area contributed by atoms with E-state index in [2.05, 4.69) is 0 Å². The Morgan fingerprint density at radius 3 is 2.79 bits per heavy atom. The van der Waals surface area contributed by atoms with Gasteiger partial charge in [-0.05, 0) is 50.3 Å². The minimum atomic E-state index is -0.623. The first kappa shape index (κ1) is 21.6. The van der Waals surface area contributed by atoms with Gasteiger partial charge in [0.2, 0.25) is 0 Å². The van der Waals surface area contributed by atoms with E-state index in [9.17, 15) is 14.7 Å². The monoisotopic (exact) mass is 449 g/mol. The molecular weight excluding hydrogens is 422 g/mol. The summed E-state index contributed by atoms with van der Waals surface area (Å²) in [4.78, 5) is 33.1. The van der Waals surface area contributed by atoms with Crippen molar-refractivity contribution >= 4 is 16.9 Å². The summed E-state index contributed by atoms with van der Waals surface area (Å²) in [5, 5.41) is 11.3. The Morgan fingerprint density at radius 1 is 1.30 bits per heavy atom. The lowest BCUT2D eigenvalue weighted by atomic mass is 9.87. The molecule has 2 aliphatic heterocycles. The Bertz CT molecular complexity index is 1340. The van der Waals surface area contributed by atoms with E-state index in [0.29, 0.717) is 36.2 Å². The van der Waals surface area contributed by atoms with Crippen LogP contribution in [0.1, 0.15) is 47.3 Å². The summed E-state index contributed by atoms with van der Waals surface area (Å²) < 4.78 is 12.6. The molecule has 2 aromatic heterocycles. The van der Waals surface area contributed by atoms with Crippen LogP contribution in [0.5, 0.6) is 5.75 Å². The number of methoxy groups -OCH3 is 1. The van der Waals surface area contributed by atoms with Gasteiger partial charge in [0.25, 0.3) is 5.56 Å². The summed E-state index contributed by atoms with van der Waals surface area (Å²) in [6.45, 7) is 2.44. The maximum absolute atomic E-state index is 13.6. The zero-order valence-electron chi connectivity index (χ0n) is 19.2. The highest BCUT2D eigenvalue weighted by atomic mass is 16.5. The first-order valence-corrected chi connectivity index (χ1v) is 11.1. The zero-order chi connectivity index (χ0) is 23.4. The first-order chi connectivity index (χ1) is 15.8. The highest BCUT2D eigenvalue weighted by Gasteiger charge is 2.39. The highest BCUT2D eigenvalue weighted by Crippen LogP contribution is 2.37. The first-order valence-electron chi connectivity index (χ1n) is 11.1. The largest absolute Gasteiger partial charge is 0.508 e. The third kappa shape index (κ3) is 3.32. The van der Waals surface area contributed by atoms with E-state index >= 15 is 0 Å². The van der Waals surface area contributed by atoms with Gasteiger partial charge in [-0.3, -0.25) is 19.1 Å². The summed E-state index contributed by atoms with van der Waals surface area (Å²) in [6, 6.07) is 7.34. The van der Waals surface area contributed by atoms with Crippen LogP contribution in [-0.2, 0) is 33.8 Å². The molecule has 0 saturated heterocycles. The van der Waals surface area contributed by atoms with Crippen molar-refractivity contribution < 1.29 is 19.4 Å². The number of nitrogens with zero attached hydrogens (tertiary/aromatic N) is 3. The number of ether oxygens (including phenoxy) is 2. The number of fused-ring (bicyclic) bond motifs is 5. The van der Waals surface area contributed by atoms with E-state index in [-0.39, 0.29) is 30.0 Å². The lowest BCUT2D eigenvalue weighted by molar-refractivity contribution is -0.152. The fourth-order valence-electron chi connectivity index (χ4n) is 5.09. The predicted octanol–water partition coefficient (Wildman–Crippen LogP) is 2.62. The van der Waals surface area contributed by atoms with Gasteiger partial charge < -0.3 is 19.5 Å². The number of esters is 1. The predicted molar refractivity (Wildman–Crippen MR) is 123 cm³/mol. The Kier molecular flexibility index (Phi) is 5.22. The van der Waals surface area contributed by atoms with Gasteiger partial charge in [-0.25, -0.2) is 0 Å². The van der Waals surface area contributed by atoms with Crippen molar-refractivity contribution in [2.24, 2.45) is 0 Å². The second-order valence-electron chi connectivity index (χ2n) is 8.98. The maximum atomic E-state index is 13.6. The number of carbonyl (C=O) groups excluding carboxylic acids is 1. The molecule has 0 aliphatic carbocycles. The van der Waals surface area contributed by atoms with Gasteiger partial charge in [0.05, 0.1) is 28.6 Å². The van der Waals surface area contributed by atoms with Crippen LogP contribution >= 0.6 is 0 Å². The van der Waals surface area contributed by atoms with Crippen molar-refractivity contribution in [2.45, 2.75) is 44.9 Å². The molecule has 33 heavy (non-hydrogen) atoms. The minimum absolute atomic E-state index is 0.0487. The topological polar surface area (TPSA) is 93.9 Å². The number of cyclic esters (lactones) is 1. The van der Waals surface area contributed by atoms with Crippen LogP contribution < -0.4 is 5.56 Å². The maximum Gasteiger partial charge on any atom is 0.316 e. The molecule has 0 fully saturated rings. The number of benzene rings is 1. The lowest BCUT2D eigenvalue weighted by Crippen LogP contribution is -2.37. The number of rotatable bonds is 5. The number of carbonyl (C=O) groups is 1. The SMILES string of the molecule is CCC(OC)[C@H]1C(=O)OCc2c1cc1n(c2=O)-c2cc3c(CN(C)C)c(O)ccc3nc2C1. The van der Waals surface area contributed by atoms with Crippen LogP contribution in [0, 0.1) is 0 Å². The molecule has 2 aliphatic rings. The fourth-order valence-corrected chi connectivity index (χ4v) is 5.09. The molecule has 1 unspecified atom stereocenters. The number of phenols is 1. The van der Waals surface area contributed by atoms with Gasteiger partial charge >= 0.3 is 5.97 Å². The molecule has 0 radical (unpaired) electrons.